The summed E-state index contributed by atoms with van der Waals surface area (Å²) in [4.78, 5) is 10.8. The third kappa shape index (κ3) is 3.39. The number of nitrogens with two attached hydrogens (primary N) is 1. The zero-order valence-electron chi connectivity index (χ0n) is 10.1. The minimum absolute atomic E-state index is 0.172. The van der Waals surface area contributed by atoms with E-state index >= 15 is 0 Å². The van der Waals surface area contributed by atoms with Crippen LogP contribution in [0.5, 0.6) is 0 Å². The SMILES string of the molecule is Nc1cc(C(=O)O)ccc1NCc1cccc(Cl)c1. The van der Waals surface area contributed by atoms with Crippen molar-refractivity contribution in [2.24, 2.45) is 0 Å². The fourth-order valence-electron chi connectivity index (χ4n) is 1.70. The molecule has 2 aromatic carbocycles. The Morgan fingerprint density at radius 1 is 1.26 bits per heavy atom. The molecule has 0 radical (unpaired) electrons. The minimum atomic E-state index is -0.993. The predicted octanol–water partition coefficient (Wildman–Crippen LogP) is 3.23. The van der Waals surface area contributed by atoms with E-state index in [-0.39, 0.29) is 5.56 Å². The third-order valence-corrected chi connectivity index (χ3v) is 2.91. The van der Waals surface area contributed by atoms with Gasteiger partial charge in [0.2, 0.25) is 0 Å². The number of rotatable bonds is 4. The molecule has 0 heterocycles. The highest BCUT2D eigenvalue weighted by Gasteiger charge is 2.06. The average Bonchev–Trinajstić information content (AvgIpc) is 2.37. The summed E-state index contributed by atoms with van der Waals surface area (Å²) in [5.41, 5.74) is 8.10. The lowest BCUT2D eigenvalue weighted by Crippen LogP contribution is -2.04. The van der Waals surface area contributed by atoms with Gasteiger partial charge in [0.1, 0.15) is 0 Å². The van der Waals surface area contributed by atoms with Gasteiger partial charge >= 0.3 is 5.97 Å². The molecule has 19 heavy (non-hydrogen) atoms. The molecule has 4 nitrogen and oxygen atoms in total. The molecule has 0 atom stereocenters. The summed E-state index contributed by atoms with van der Waals surface area (Å²) >= 11 is 5.90. The van der Waals surface area contributed by atoms with Crippen LogP contribution in [0.4, 0.5) is 11.4 Å². The van der Waals surface area contributed by atoms with Gasteiger partial charge in [-0.2, -0.15) is 0 Å². The maximum Gasteiger partial charge on any atom is 0.335 e. The molecule has 0 aliphatic rings. The minimum Gasteiger partial charge on any atom is -0.478 e. The van der Waals surface area contributed by atoms with E-state index in [1.807, 2.05) is 18.2 Å². The molecule has 98 valence electrons. The van der Waals surface area contributed by atoms with Crippen molar-refractivity contribution in [3.05, 3.63) is 58.6 Å². The Balaban J connectivity index is 2.10. The first-order valence-electron chi connectivity index (χ1n) is 5.67. The lowest BCUT2D eigenvalue weighted by atomic mass is 10.1. The highest BCUT2D eigenvalue weighted by Crippen LogP contribution is 2.21. The van der Waals surface area contributed by atoms with E-state index in [1.165, 1.54) is 12.1 Å². The third-order valence-electron chi connectivity index (χ3n) is 2.67. The molecule has 5 heteroatoms. The average molecular weight is 277 g/mol. The summed E-state index contributed by atoms with van der Waals surface area (Å²) in [7, 11) is 0. The summed E-state index contributed by atoms with van der Waals surface area (Å²) in [6, 6.07) is 12.1. The van der Waals surface area contributed by atoms with E-state index in [4.69, 9.17) is 22.4 Å². The summed E-state index contributed by atoms with van der Waals surface area (Å²) in [5, 5.41) is 12.7. The van der Waals surface area contributed by atoms with Crippen LogP contribution in [0.15, 0.2) is 42.5 Å². The molecule has 2 rings (SSSR count). The Morgan fingerprint density at radius 3 is 2.68 bits per heavy atom. The topological polar surface area (TPSA) is 75.4 Å². The second kappa shape index (κ2) is 5.63. The van der Waals surface area contributed by atoms with E-state index in [1.54, 1.807) is 12.1 Å². The fraction of sp³-hybridized carbons (Fsp3) is 0.0714. The number of nitrogen functional groups attached to an aromatic ring is 1. The van der Waals surface area contributed by atoms with Gasteiger partial charge < -0.3 is 16.2 Å². The number of halogens is 1. The molecule has 0 aromatic heterocycles. The Labute approximate surface area is 115 Å². The second-order valence-electron chi connectivity index (χ2n) is 4.09. The largest absolute Gasteiger partial charge is 0.478 e. The monoisotopic (exact) mass is 276 g/mol. The fourth-order valence-corrected chi connectivity index (χ4v) is 1.91. The highest BCUT2D eigenvalue weighted by atomic mass is 35.5. The molecule has 0 fully saturated rings. The van der Waals surface area contributed by atoms with Gasteiger partial charge in [0.15, 0.2) is 0 Å². The van der Waals surface area contributed by atoms with Gasteiger partial charge in [-0.25, -0.2) is 4.79 Å². The van der Waals surface area contributed by atoms with E-state index in [0.717, 1.165) is 5.56 Å². The number of carboxylic acid groups (broad SMARTS) is 1. The molecule has 0 aliphatic heterocycles. The maximum atomic E-state index is 10.8. The predicted molar refractivity (Wildman–Crippen MR) is 76.6 cm³/mol. The Bertz CT molecular complexity index is 614. The summed E-state index contributed by atoms with van der Waals surface area (Å²) in [5.74, 6) is -0.993. The van der Waals surface area contributed by atoms with Crippen molar-refractivity contribution in [1.82, 2.24) is 0 Å². The zero-order valence-corrected chi connectivity index (χ0v) is 10.8. The van der Waals surface area contributed by atoms with E-state index in [2.05, 4.69) is 5.32 Å². The number of carbonyl (C=O) groups is 1. The molecule has 0 saturated heterocycles. The first kappa shape index (κ1) is 13.2. The molecule has 0 saturated carbocycles. The van der Waals surface area contributed by atoms with Gasteiger partial charge in [-0.3, -0.25) is 0 Å². The smallest absolute Gasteiger partial charge is 0.335 e. The van der Waals surface area contributed by atoms with E-state index in [0.29, 0.717) is 22.9 Å². The quantitative estimate of drug-likeness (QED) is 0.750. The van der Waals surface area contributed by atoms with Crippen molar-refractivity contribution in [3.63, 3.8) is 0 Å². The maximum absolute atomic E-state index is 10.8. The number of hydrogen-bond acceptors (Lipinski definition) is 3. The van der Waals surface area contributed by atoms with Crippen LogP contribution in [0.1, 0.15) is 15.9 Å². The number of anilines is 2. The van der Waals surface area contributed by atoms with Gasteiger partial charge in [0.25, 0.3) is 0 Å². The van der Waals surface area contributed by atoms with Gasteiger partial charge in [-0.1, -0.05) is 23.7 Å². The summed E-state index contributed by atoms with van der Waals surface area (Å²) in [6.45, 7) is 0.567. The molecule has 0 spiro atoms. The summed E-state index contributed by atoms with van der Waals surface area (Å²) in [6.07, 6.45) is 0. The first-order valence-corrected chi connectivity index (χ1v) is 6.05. The van der Waals surface area contributed by atoms with Crippen molar-refractivity contribution < 1.29 is 9.90 Å². The zero-order chi connectivity index (χ0) is 13.8. The first-order chi connectivity index (χ1) is 9.06. The summed E-state index contributed by atoms with van der Waals surface area (Å²) < 4.78 is 0. The van der Waals surface area contributed by atoms with Crippen LogP contribution >= 0.6 is 11.6 Å². The van der Waals surface area contributed by atoms with E-state index < -0.39 is 5.97 Å². The van der Waals surface area contributed by atoms with Crippen LogP contribution in [0.25, 0.3) is 0 Å². The lowest BCUT2D eigenvalue weighted by molar-refractivity contribution is 0.0697. The van der Waals surface area contributed by atoms with Crippen LogP contribution in [0.3, 0.4) is 0 Å². The van der Waals surface area contributed by atoms with Gasteiger partial charge in [-0.05, 0) is 35.9 Å². The van der Waals surface area contributed by atoms with Crippen LogP contribution in [-0.2, 0) is 6.54 Å². The van der Waals surface area contributed by atoms with Gasteiger partial charge in [0, 0.05) is 11.6 Å². The number of carboxylic acids is 1. The van der Waals surface area contributed by atoms with Crippen LogP contribution < -0.4 is 11.1 Å². The molecular formula is C14H13ClN2O2. The Kier molecular flexibility index (Phi) is 3.92. The van der Waals surface area contributed by atoms with Crippen molar-refractivity contribution in [2.45, 2.75) is 6.54 Å². The van der Waals surface area contributed by atoms with Crippen molar-refractivity contribution in [1.29, 1.82) is 0 Å². The molecule has 0 amide bonds. The van der Waals surface area contributed by atoms with Crippen molar-refractivity contribution in [2.75, 3.05) is 11.1 Å². The second-order valence-corrected chi connectivity index (χ2v) is 4.53. The lowest BCUT2D eigenvalue weighted by Gasteiger charge is -2.10. The molecule has 0 bridgehead atoms. The standard InChI is InChI=1S/C14H13ClN2O2/c15-11-3-1-2-9(6-11)8-17-13-5-4-10(14(18)19)7-12(13)16/h1-7,17H,8,16H2,(H,18,19). The molecular weight excluding hydrogens is 264 g/mol. The molecule has 2 aromatic rings. The number of benzene rings is 2. The van der Waals surface area contributed by atoms with Crippen LogP contribution in [0.2, 0.25) is 5.02 Å². The molecule has 0 aliphatic carbocycles. The molecule has 4 N–H and O–H groups in total. The Morgan fingerprint density at radius 2 is 2.05 bits per heavy atom. The van der Waals surface area contributed by atoms with Crippen LogP contribution in [-0.4, -0.2) is 11.1 Å². The Hall–Kier alpha value is -2.20. The van der Waals surface area contributed by atoms with E-state index in [9.17, 15) is 4.79 Å². The van der Waals surface area contributed by atoms with Gasteiger partial charge in [-0.15, -0.1) is 0 Å². The normalized spacial score (nSPS) is 10.2. The number of hydrogen-bond donors (Lipinski definition) is 3. The van der Waals surface area contributed by atoms with Crippen LogP contribution in [0, 0.1) is 0 Å². The van der Waals surface area contributed by atoms with Crippen molar-refractivity contribution in [3.8, 4) is 0 Å². The highest BCUT2D eigenvalue weighted by molar-refractivity contribution is 6.30. The number of nitrogens with one attached hydrogen (secondary N) is 1. The molecule has 0 unspecified atom stereocenters. The van der Waals surface area contributed by atoms with Gasteiger partial charge in [0.05, 0.1) is 16.9 Å². The number of aromatic carboxylic acids is 1. The van der Waals surface area contributed by atoms with Crippen molar-refractivity contribution >= 4 is 28.9 Å².